The lowest BCUT2D eigenvalue weighted by molar-refractivity contribution is 0.105. The molecule has 1 heterocycles. The first-order valence-corrected chi connectivity index (χ1v) is 4.89. The molecule has 3 N–H and O–H groups in total. The highest BCUT2D eigenvalue weighted by Crippen LogP contribution is 2.10. The molecule has 1 unspecified atom stereocenters. The van der Waals surface area contributed by atoms with E-state index < -0.39 is 6.10 Å². The van der Waals surface area contributed by atoms with Crippen molar-refractivity contribution in [1.29, 1.82) is 0 Å². The van der Waals surface area contributed by atoms with Gasteiger partial charge in [0.05, 0.1) is 12.7 Å². The molecule has 0 aliphatic carbocycles. The second kappa shape index (κ2) is 5.11. The largest absolute Gasteiger partial charge is 0.394 e. The maximum absolute atomic E-state index is 9.03. The summed E-state index contributed by atoms with van der Waals surface area (Å²) in [6, 6.07) is 0. The van der Waals surface area contributed by atoms with Crippen molar-refractivity contribution in [3.63, 3.8) is 0 Å². The van der Waals surface area contributed by atoms with Crippen molar-refractivity contribution >= 4 is 16.7 Å². The molecule has 5 nitrogen and oxygen atoms in total. The van der Waals surface area contributed by atoms with Gasteiger partial charge in [-0.1, -0.05) is 6.92 Å². The minimum atomic E-state index is -0.742. The van der Waals surface area contributed by atoms with E-state index in [1.807, 2.05) is 6.92 Å². The quantitative estimate of drug-likeness (QED) is 0.621. The van der Waals surface area contributed by atoms with E-state index in [0.717, 1.165) is 12.2 Å². The first kappa shape index (κ1) is 10.4. The third-order valence-electron chi connectivity index (χ3n) is 1.48. The Bertz CT molecular complexity index is 254. The van der Waals surface area contributed by atoms with Gasteiger partial charge in [-0.2, -0.15) is 4.37 Å². The van der Waals surface area contributed by atoms with E-state index in [1.54, 1.807) is 0 Å². The number of hydrogen-bond donors (Lipinski definition) is 3. The molecule has 1 aromatic rings. The zero-order chi connectivity index (χ0) is 9.68. The second-order valence-corrected chi connectivity index (χ2v) is 3.34. The van der Waals surface area contributed by atoms with Gasteiger partial charge in [-0.25, -0.2) is 4.98 Å². The Morgan fingerprint density at radius 2 is 2.38 bits per heavy atom. The molecule has 0 aromatic carbocycles. The van der Waals surface area contributed by atoms with Crippen molar-refractivity contribution in [3.05, 3.63) is 5.82 Å². The number of rotatable bonds is 5. The number of nitrogens with one attached hydrogen (secondary N) is 1. The van der Waals surface area contributed by atoms with Crippen LogP contribution in [0.15, 0.2) is 0 Å². The van der Waals surface area contributed by atoms with Gasteiger partial charge in [0.15, 0.2) is 0 Å². The Balaban J connectivity index is 2.36. The van der Waals surface area contributed by atoms with Crippen LogP contribution in [0.5, 0.6) is 0 Å². The minimum absolute atomic E-state index is 0.244. The molecule has 1 atom stereocenters. The Labute approximate surface area is 80.6 Å². The van der Waals surface area contributed by atoms with Gasteiger partial charge >= 0.3 is 0 Å². The molecule has 74 valence electrons. The Morgan fingerprint density at radius 3 is 2.92 bits per heavy atom. The topological polar surface area (TPSA) is 78.3 Å². The van der Waals surface area contributed by atoms with Gasteiger partial charge in [-0.3, -0.25) is 0 Å². The second-order valence-electron chi connectivity index (χ2n) is 2.59. The fourth-order valence-corrected chi connectivity index (χ4v) is 1.39. The van der Waals surface area contributed by atoms with Crippen molar-refractivity contribution in [2.45, 2.75) is 19.4 Å². The van der Waals surface area contributed by atoms with Gasteiger partial charge in [0, 0.05) is 24.5 Å². The van der Waals surface area contributed by atoms with E-state index in [0.29, 0.717) is 11.7 Å². The van der Waals surface area contributed by atoms with Gasteiger partial charge in [-0.15, -0.1) is 0 Å². The zero-order valence-electron chi connectivity index (χ0n) is 7.40. The molecule has 0 spiro atoms. The summed E-state index contributed by atoms with van der Waals surface area (Å²) >= 11 is 1.26. The number of hydrogen-bond acceptors (Lipinski definition) is 6. The molecule has 13 heavy (non-hydrogen) atoms. The summed E-state index contributed by atoms with van der Waals surface area (Å²) in [5, 5.41) is 21.1. The Morgan fingerprint density at radius 1 is 1.62 bits per heavy atom. The van der Waals surface area contributed by atoms with Crippen LogP contribution in [0.4, 0.5) is 5.13 Å². The molecule has 0 radical (unpaired) electrons. The summed E-state index contributed by atoms with van der Waals surface area (Å²) in [6.07, 6.45) is 0.0646. The Hall–Kier alpha value is -0.720. The van der Waals surface area contributed by atoms with Crippen LogP contribution >= 0.6 is 11.5 Å². The molecule has 0 aliphatic rings. The smallest absolute Gasteiger partial charge is 0.202 e. The van der Waals surface area contributed by atoms with Crippen molar-refractivity contribution in [2.75, 3.05) is 18.5 Å². The van der Waals surface area contributed by atoms with Gasteiger partial charge < -0.3 is 15.5 Å². The number of nitrogens with zero attached hydrogens (tertiary/aromatic N) is 2. The lowest BCUT2D eigenvalue weighted by Gasteiger charge is -2.06. The van der Waals surface area contributed by atoms with E-state index in [1.165, 1.54) is 11.5 Å². The molecule has 1 aromatic heterocycles. The summed E-state index contributed by atoms with van der Waals surface area (Å²) in [5.74, 6) is 0.797. The van der Waals surface area contributed by atoms with E-state index in [4.69, 9.17) is 10.2 Å². The van der Waals surface area contributed by atoms with Crippen molar-refractivity contribution in [2.24, 2.45) is 0 Å². The molecule has 0 aliphatic heterocycles. The fourth-order valence-electron chi connectivity index (χ4n) is 0.739. The van der Waals surface area contributed by atoms with Gasteiger partial charge in [-0.05, 0) is 0 Å². The highest BCUT2D eigenvalue weighted by Gasteiger charge is 2.04. The lowest BCUT2D eigenvalue weighted by Crippen LogP contribution is -2.22. The van der Waals surface area contributed by atoms with E-state index in [-0.39, 0.29) is 6.61 Å². The number of aliphatic hydroxyl groups excluding tert-OH is 2. The summed E-state index contributed by atoms with van der Waals surface area (Å²) in [7, 11) is 0. The number of anilines is 1. The predicted octanol–water partition coefficient (Wildman–Crippen LogP) is -0.134. The maximum atomic E-state index is 9.03. The normalized spacial score (nSPS) is 12.8. The first-order valence-electron chi connectivity index (χ1n) is 4.11. The third-order valence-corrected chi connectivity index (χ3v) is 2.19. The van der Waals surface area contributed by atoms with Crippen LogP contribution in [0.3, 0.4) is 0 Å². The molecule has 0 saturated carbocycles. The highest BCUT2D eigenvalue weighted by atomic mass is 32.1. The fraction of sp³-hybridized carbons (Fsp3) is 0.714. The Kier molecular flexibility index (Phi) is 4.07. The average molecular weight is 203 g/mol. The third kappa shape index (κ3) is 3.25. The molecule has 0 fully saturated rings. The molecule has 6 heteroatoms. The van der Waals surface area contributed by atoms with E-state index in [2.05, 4.69) is 14.7 Å². The number of aryl methyl sites for hydroxylation is 1. The monoisotopic (exact) mass is 203 g/mol. The highest BCUT2D eigenvalue weighted by molar-refractivity contribution is 7.09. The number of aliphatic hydroxyl groups is 2. The van der Waals surface area contributed by atoms with E-state index >= 15 is 0 Å². The summed E-state index contributed by atoms with van der Waals surface area (Å²) in [5.41, 5.74) is 0. The molecule has 1 rings (SSSR count). The van der Waals surface area contributed by atoms with Crippen LogP contribution in [-0.4, -0.2) is 38.8 Å². The van der Waals surface area contributed by atoms with Crippen LogP contribution in [0.2, 0.25) is 0 Å². The summed E-state index contributed by atoms with van der Waals surface area (Å²) < 4.78 is 4.06. The van der Waals surface area contributed by atoms with Crippen LogP contribution in [-0.2, 0) is 6.42 Å². The molecular formula is C7H13N3O2S. The zero-order valence-corrected chi connectivity index (χ0v) is 8.21. The maximum Gasteiger partial charge on any atom is 0.202 e. The average Bonchev–Trinajstić information content (AvgIpc) is 2.61. The van der Waals surface area contributed by atoms with Crippen LogP contribution in [0.25, 0.3) is 0 Å². The van der Waals surface area contributed by atoms with Crippen LogP contribution < -0.4 is 5.32 Å². The van der Waals surface area contributed by atoms with Crippen molar-refractivity contribution < 1.29 is 10.2 Å². The van der Waals surface area contributed by atoms with Crippen LogP contribution in [0.1, 0.15) is 12.7 Å². The standard InChI is InChI=1S/C7H13N3O2S/c1-2-6-9-7(13-10-6)8-3-5(12)4-11/h5,11-12H,2-4H2,1H3,(H,8,9,10). The number of aromatic nitrogens is 2. The molecule has 0 amide bonds. The lowest BCUT2D eigenvalue weighted by atomic mass is 10.4. The predicted molar refractivity (Wildman–Crippen MR) is 50.9 cm³/mol. The summed E-state index contributed by atoms with van der Waals surface area (Å²) in [6.45, 7) is 2.04. The minimum Gasteiger partial charge on any atom is -0.394 e. The van der Waals surface area contributed by atoms with Crippen molar-refractivity contribution in [3.8, 4) is 0 Å². The van der Waals surface area contributed by atoms with Crippen LogP contribution in [0, 0.1) is 0 Å². The van der Waals surface area contributed by atoms with Gasteiger partial charge in [0.25, 0.3) is 0 Å². The van der Waals surface area contributed by atoms with E-state index in [9.17, 15) is 0 Å². The van der Waals surface area contributed by atoms with Gasteiger partial charge in [0.2, 0.25) is 5.13 Å². The summed E-state index contributed by atoms with van der Waals surface area (Å²) in [4.78, 5) is 4.14. The molecule has 0 bridgehead atoms. The van der Waals surface area contributed by atoms with Crippen molar-refractivity contribution in [1.82, 2.24) is 9.36 Å². The molecule has 0 saturated heterocycles. The first-order chi connectivity index (χ1) is 6.26. The van der Waals surface area contributed by atoms with Gasteiger partial charge in [0.1, 0.15) is 5.82 Å². The molecular weight excluding hydrogens is 190 g/mol. The SMILES string of the molecule is CCc1nsc(NCC(O)CO)n1.